The Kier molecular flexibility index (Phi) is 3.58. The molecule has 3 nitrogen and oxygen atoms in total. The van der Waals surface area contributed by atoms with Gasteiger partial charge in [0, 0.05) is 18.4 Å². The molecular weight excluding hydrogens is 224 g/mol. The largest absolute Gasteiger partial charge is 0.492 e. The predicted octanol–water partition coefficient (Wildman–Crippen LogP) is 2.83. The molecule has 96 valence electrons. The van der Waals surface area contributed by atoms with E-state index in [1.54, 1.807) is 0 Å². The van der Waals surface area contributed by atoms with Crippen molar-refractivity contribution >= 4 is 0 Å². The van der Waals surface area contributed by atoms with Gasteiger partial charge in [-0.15, -0.1) is 0 Å². The van der Waals surface area contributed by atoms with E-state index in [9.17, 15) is 0 Å². The summed E-state index contributed by atoms with van der Waals surface area (Å²) in [7, 11) is 0. The van der Waals surface area contributed by atoms with Crippen molar-refractivity contribution in [1.82, 2.24) is 0 Å². The molecule has 3 heteroatoms. The number of aryl methyl sites for hydroxylation is 2. The van der Waals surface area contributed by atoms with Gasteiger partial charge < -0.3 is 10.5 Å². The molecule has 2 N–H and O–H groups in total. The highest BCUT2D eigenvalue weighted by Gasteiger charge is 2.43. The van der Waals surface area contributed by atoms with Crippen molar-refractivity contribution in [2.75, 3.05) is 6.61 Å². The third-order valence-electron chi connectivity index (χ3n) is 3.69. The van der Waals surface area contributed by atoms with E-state index in [-0.39, 0.29) is 5.41 Å². The lowest BCUT2D eigenvalue weighted by molar-refractivity contribution is 0.234. The number of benzene rings is 1. The zero-order valence-corrected chi connectivity index (χ0v) is 11.1. The number of nitrogens with two attached hydrogens (primary N) is 1. The predicted molar refractivity (Wildman–Crippen MR) is 71.2 cm³/mol. The van der Waals surface area contributed by atoms with Crippen molar-refractivity contribution in [3.8, 4) is 11.8 Å². The number of hydrogen-bond acceptors (Lipinski definition) is 3. The van der Waals surface area contributed by atoms with Crippen LogP contribution in [0, 0.1) is 30.6 Å². The lowest BCUT2D eigenvalue weighted by Gasteiger charge is -2.17. The standard InChI is InChI=1S/C15H20N2O/c1-11-7-13(9-17)8-12(2)14(11)18-10-15(3-4-15)5-6-16/h7-8H,3-5,9-10,17H2,1-2H3. The van der Waals surface area contributed by atoms with Crippen molar-refractivity contribution < 1.29 is 4.74 Å². The molecule has 0 unspecified atom stereocenters. The number of hydrogen-bond donors (Lipinski definition) is 1. The maximum Gasteiger partial charge on any atom is 0.125 e. The van der Waals surface area contributed by atoms with Crippen LogP contribution in [0.2, 0.25) is 0 Å². The Bertz CT molecular complexity index is 461. The summed E-state index contributed by atoms with van der Waals surface area (Å²) in [5, 5.41) is 8.80. The Balaban J connectivity index is 2.08. The first-order valence-corrected chi connectivity index (χ1v) is 6.40. The van der Waals surface area contributed by atoms with Gasteiger partial charge in [-0.1, -0.05) is 12.1 Å². The van der Waals surface area contributed by atoms with Gasteiger partial charge in [0.2, 0.25) is 0 Å². The fourth-order valence-electron chi connectivity index (χ4n) is 2.33. The summed E-state index contributed by atoms with van der Waals surface area (Å²) in [5.41, 5.74) is 9.17. The van der Waals surface area contributed by atoms with Crippen LogP contribution < -0.4 is 10.5 Å². The lowest BCUT2D eigenvalue weighted by atomic mass is 10.0. The smallest absolute Gasteiger partial charge is 0.125 e. The molecule has 0 spiro atoms. The highest BCUT2D eigenvalue weighted by atomic mass is 16.5. The van der Waals surface area contributed by atoms with E-state index in [1.807, 2.05) is 13.8 Å². The van der Waals surface area contributed by atoms with Gasteiger partial charge in [-0.05, 0) is 43.4 Å². The lowest BCUT2D eigenvalue weighted by Crippen LogP contribution is -2.13. The van der Waals surface area contributed by atoms with Crippen molar-refractivity contribution in [2.45, 2.75) is 39.7 Å². The molecule has 0 aliphatic heterocycles. The number of ether oxygens (including phenoxy) is 1. The highest BCUT2D eigenvalue weighted by molar-refractivity contribution is 5.43. The van der Waals surface area contributed by atoms with Gasteiger partial charge in [-0.2, -0.15) is 5.26 Å². The molecule has 0 amide bonds. The molecule has 0 radical (unpaired) electrons. The Hall–Kier alpha value is -1.53. The minimum absolute atomic E-state index is 0.125. The van der Waals surface area contributed by atoms with Gasteiger partial charge >= 0.3 is 0 Å². The van der Waals surface area contributed by atoms with Crippen LogP contribution >= 0.6 is 0 Å². The second-order valence-electron chi connectivity index (χ2n) is 5.39. The van der Waals surface area contributed by atoms with Crippen LogP contribution in [0.4, 0.5) is 0 Å². The first-order chi connectivity index (χ1) is 8.60. The second-order valence-corrected chi connectivity index (χ2v) is 5.39. The van der Waals surface area contributed by atoms with Crippen LogP contribution in [0.3, 0.4) is 0 Å². The van der Waals surface area contributed by atoms with Gasteiger partial charge in [0.05, 0.1) is 12.7 Å². The molecule has 0 atom stereocenters. The Morgan fingerprint density at radius 3 is 2.39 bits per heavy atom. The van der Waals surface area contributed by atoms with E-state index < -0.39 is 0 Å². The second kappa shape index (κ2) is 4.99. The minimum Gasteiger partial charge on any atom is -0.492 e. The van der Waals surface area contributed by atoms with Crippen molar-refractivity contribution in [3.63, 3.8) is 0 Å². The third-order valence-corrected chi connectivity index (χ3v) is 3.69. The van der Waals surface area contributed by atoms with Crippen molar-refractivity contribution in [1.29, 1.82) is 5.26 Å². The van der Waals surface area contributed by atoms with E-state index in [4.69, 9.17) is 15.7 Å². The van der Waals surface area contributed by atoms with Crippen molar-refractivity contribution in [3.05, 3.63) is 28.8 Å². The summed E-state index contributed by atoms with van der Waals surface area (Å²) in [6.45, 7) is 5.31. The maximum atomic E-state index is 8.80. The molecule has 18 heavy (non-hydrogen) atoms. The van der Waals surface area contributed by atoms with Gasteiger partial charge in [0.25, 0.3) is 0 Å². The van der Waals surface area contributed by atoms with E-state index >= 15 is 0 Å². The summed E-state index contributed by atoms with van der Waals surface area (Å²) in [5.74, 6) is 0.955. The van der Waals surface area contributed by atoms with Crippen LogP contribution in [0.5, 0.6) is 5.75 Å². The van der Waals surface area contributed by atoms with Gasteiger partial charge in [-0.3, -0.25) is 0 Å². The maximum absolute atomic E-state index is 8.80. The summed E-state index contributed by atoms with van der Waals surface area (Å²) in [6.07, 6.45) is 2.82. The molecule has 1 aromatic carbocycles. The van der Waals surface area contributed by atoms with Gasteiger partial charge in [0.1, 0.15) is 5.75 Å². The number of nitriles is 1. The first-order valence-electron chi connectivity index (χ1n) is 6.40. The van der Waals surface area contributed by atoms with Crippen molar-refractivity contribution in [2.24, 2.45) is 11.1 Å². The fraction of sp³-hybridized carbons (Fsp3) is 0.533. The van der Waals surface area contributed by atoms with Crippen LogP contribution in [0.1, 0.15) is 36.0 Å². The zero-order chi connectivity index (χ0) is 13.2. The van der Waals surface area contributed by atoms with Gasteiger partial charge in [0.15, 0.2) is 0 Å². The molecule has 1 aromatic rings. The normalized spacial score (nSPS) is 16.1. The van der Waals surface area contributed by atoms with Crippen LogP contribution in [0.25, 0.3) is 0 Å². The third kappa shape index (κ3) is 2.65. The quantitative estimate of drug-likeness (QED) is 0.866. The molecule has 0 bridgehead atoms. The monoisotopic (exact) mass is 244 g/mol. The van der Waals surface area contributed by atoms with Crippen LogP contribution in [-0.4, -0.2) is 6.61 Å². The molecule has 1 saturated carbocycles. The molecular formula is C15H20N2O. The fourth-order valence-corrected chi connectivity index (χ4v) is 2.33. The van der Waals surface area contributed by atoms with Crippen LogP contribution in [-0.2, 0) is 6.54 Å². The molecule has 1 fully saturated rings. The summed E-state index contributed by atoms with van der Waals surface area (Å²) in [4.78, 5) is 0. The van der Waals surface area contributed by atoms with Gasteiger partial charge in [-0.25, -0.2) is 0 Å². The Morgan fingerprint density at radius 2 is 1.94 bits per heavy atom. The SMILES string of the molecule is Cc1cc(CN)cc(C)c1OCC1(CC#N)CC1. The van der Waals surface area contributed by atoms with E-state index in [1.165, 1.54) is 0 Å². The Labute approximate surface area is 109 Å². The number of rotatable bonds is 5. The Morgan fingerprint density at radius 1 is 1.33 bits per heavy atom. The molecule has 1 aliphatic carbocycles. The first kappa shape index (κ1) is 12.9. The molecule has 0 saturated heterocycles. The highest BCUT2D eigenvalue weighted by Crippen LogP contribution is 2.49. The zero-order valence-electron chi connectivity index (χ0n) is 11.1. The topological polar surface area (TPSA) is 59.0 Å². The average molecular weight is 244 g/mol. The van der Waals surface area contributed by atoms with E-state index in [2.05, 4.69) is 18.2 Å². The molecule has 0 heterocycles. The van der Waals surface area contributed by atoms with E-state index in [0.717, 1.165) is 35.3 Å². The summed E-state index contributed by atoms with van der Waals surface area (Å²) >= 11 is 0. The van der Waals surface area contributed by atoms with Crippen LogP contribution in [0.15, 0.2) is 12.1 Å². The molecule has 2 rings (SSSR count). The summed E-state index contributed by atoms with van der Waals surface area (Å²) < 4.78 is 5.95. The molecule has 0 aromatic heterocycles. The van der Waals surface area contributed by atoms with E-state index in [0.29, 0.717) is 19.6 Å². The minimum atomic E-state index is 0.125. The summed E-state index contributed by atoms with van der Waals surface area (Å²) in [6, 6.07) is 6.41. The molecule has 1 aliphatic rings. The number of nitrogens with zero attached hydrogens (tertiary/aromatic N) is 1. The average Bonchev–Trinajstić information content (AvgIpc) is 3.08.